The number of ketones is 3. The minimum absolute atomic E-state index is 0.236. The van der Waals surface area contributed by atoms with E-state index in [4.69, 9.17) is 18.9 Å². The molecule has 4 aromatic rings. The van der Waals surface area contributed by atoms with Crippen molar-refractivity contribution in [2.75, 3.05) is 33.3 Å². The van der Waals surface area contributed by atoms with Gasteiger partial charge in [0.05, 0.1) is 34.5 Å². The average Bonchev–Trinajstić information content (AvgIpc) is 3.53. The van der Waals surface area contributed by atoms with E-state index in [0.717, 1.165) is 11.3 Å². The molecular weight excluding hydrogens is 570 g/mol. The first kappa shape index (κ1) is 28.4. The first-order valence-corrected chi connectivity index (χ1v) is 14.6. The van der Waals surface area contributed by atoms with Crippen molar-refractivity contribution in [2.24, 2.45) is 5.41 Å². The number of carbonyl (C=O) groups excluding carboxylic acids is 3. The second kappa shape index (κ2) is 10.7. The van der Waals surface area contributed by atoms with E-state index >= 15 is 0 Å². The zero-order chi connectivity index (χ0) is 31.5. The Morgan fingerprint density at radius 3 is 1.91 bits per heavy atom. The van der Waals surface area contributed by atoms with Gasteiger partial charge in [-0.1, -0.05) is 54.6 Å². The van der Waals surface area contributed by atoms with Gasteiger partial charge in [-0.3, -0.25) is 14.4 Å². The first-order chi connectivity index (χ1) is 21.9. The molecule has 1 spiro atoms. The van der Waals surface area contributed by atoms with Crippen LogP contribution in [0.25, 0.3) is 6.08 Å². The van der Waals surface area contributed by atoms with Crippen molar-refractivity contribution in [3.05, 3.63) is 119 Å². The molecule has 3 aliphatic rings. The molecule has 8 heteroatoms. The summed E-state index contributed by atoms with van der Waals surface area (Å²) in [6.45, 7) is 0. The van der Waals surface area contributed by atoms with Crippen molar-refractivity contribution in [1.29, 1.82) is 0 Å². The third-order valence-electron chi connectivity index (χ3n) is 9.40. The van der Waals surface area contributed by atoms with E-state index in [1.165, 1.54) is 21.3 Å². The van der Waals surface area contributed by atoms with Gasteiger partial charge in [0.1, 0.15) is 17.2 Å². The molecular formula is C37H31NO7. The van der Waals surface area contributed by atoms with E-state index in [9.17, 15) is 14.4 Å². The molecule has 2 aliphatic heterocycles. The van der Waals surface area contributed by atoms with Crippen LogP contribution in [0.2, 0.25) is 0 Å². The number of methoxy groups -OCH3 is 4. The normalized spacial score (nSPS) is 20.4. The topological polar surface area (TPSA) is 91.4 Å². The summed E-state index contributed by atoms with van der Waals surface area (Å²) in [5.74, 6) is -0.117. The fraction of sp³-hybridized carbons (Fsp3) is 0.216. The van der Waals surface area contributed by atoms with Crippen LogP contribution in [0.3, 0.4) is 0 Å². The molecule has 7 rings (SSSR count). The number of carbonyl (C=O) groups is 3. The lowest BCUT2D eigenvalue weighted by Crippen LogP contribution is -2.48. The van der Waals surface area contributed by atoms with Crippen molar-refractivity contribution >= 4 is 29.1 Å². The van der Waals surface area contributed by atoms with Gasteiger partial charge in [0.2, 0.25) is 5.75 Å². The van der Waals surface area contributed by atoms with Gasteiger partial charge in [-0.05, 0) is 53.6 Å². The highest BCUT2D eigenvalue weighted by molar-refractivity contribution is 6.32. The maximum absolute atomic E-state index is 14.9. The molecule has 0 bridgehead atoms. The molecule has 3 unspecified atom stereocenters. The van der Waals surface area contributed by atoms with E-state index in [1.807, 2.05) is 41.3 Å². The molecule has 0 amide bonds. The van der Waals surface area contributed by atoms with Gasteiger partial charge >= 0.3 is 0 Å². The Kier molecular flexibility index (Phi) is 6.73. The quantitative estimate of drug-likeness (QED) is 0.187. The summed E-state index contributed by atoms with van der Waals surface area (Å²) in [4.78, 5) is 46.7. The Hall–Kier alpha value is -5.37. The first-order valence-electron chi connectivity index (χ1n) is 14.6. The number of anilines is 1. The monoisotopic (exact) mass is 601 g/mol. The van der Waals surface area contributed by atoms with Gasteiger partial charge in [0, 0.05) is 28.3 Å². The molecule has 0 aromatic heterocycles. The molecule has 45 heavy (non-hydrogen) atoms. The minimum atomic E-state index is -1.66. The SMILES string of the molecule is COc1ccc(C(=O)C2C(c3cc(OC)c(OC)c(OC)c3)C3(C(=O)c4ccccc4C3=O)C3C=Cc4ccccc4N23)cc1. The predicted octanol–water partition coefficient (Wildman–Crippen LogP) is 6.04. The Morgan fingerprint density at radius 2 is 1.33 bits per heavy atom. The second-order valence-corrected chi connectivity index (χ2v) is 11.3. The highest BCUT2D eigenvalue weighted by atomic mass is 16.5. The van der Waals surface area contributed by atoms with E-state index in [1.54, 1.807) is 67.8 Å². The molecule has 3 atom stereocenters. The van der Waals surface area contributed by atoms with Crippen LogP contribution in [0.15, 0.2) is 91.0 Å². The minimum Gasteiger partial charge on any atom is -0.497 e. The molecule has 1 saturated heterocycles. The van der Waals surface area contributed by atoms with Crippen LogP contribution < -0.4 is 23.8 Å². The molecule has 8 nitrogen and oxygen atoms in total. The summed E-state index contributed by atoms with van der Waals surface area (Å²) in [5.41, 5.74) is 1.67. The lowest BCUT2D eigenvalue weighted by molar-refractivity contribution is 0.0665. The summed E-state index contributed by atoms with van der Waals surface area (Å²) >= 11 is 0. The van der Waals surface area contributed by atoms with Crippen LogP contribution >= 0.6 is 0 Å². The maximum Gasteiger partial charge on any atom is 0.203 e. The molecule has 1 aliphatic carbocycles. The van der Waals surface area contributed by atoms with E-state index < -0.39 is 23.4 Å². The second-order valence-electron chi connectivity index (χ2n) is 11.3. The van der Waals surface area contributed by atoms with Crippen molar-refractivity contribution in [1.82, 2.24) is 0 Å². The molecule has 0 N–H and O–H groups in total. The number of rotatable bonds is 7. The predicted molar refractivity (Wildman–Crippen MR) is 169 cm³/mol. The summed E-state index contributed by atoms with van der Waals surface area (Å²) in [7, 11) is 6.09. The number of nitrogens with zero attached hydrogens (tertiary/aromatic N) is 1. The number of Topliss-reactive ketones (excluding diaryl/α,β-unsaturated/α-hetero) is 3. The summed E-state index contributed by atoms with van der Waals surface area (Å²) < 4.78 is 22.4. The van der Waals surface area contributed by atoms with Gasteiger partial charge in [0.15, 0.2) is 28.8 Å². The van der Waals surface area contributed by atoms with Crippen molar-refractivity contribution in [3.63, 3.8) is 0 Å². The highest BCUT2D eigenvalue weighted by Gasteiger charge is 2.71. The Bertz CT molecular complexity index is 1830. The van der Waals surface area contributed by atoms with Gasteiger partial charge in [-0.25, -0.2) is 0 Å². The van der Waals surface area contributed by atoms with E-state index in [0.29, 0.717) is 45.3 Å². The molecule has 1 fully saturated rings. The molecule has 0 radical (unpaired) electrons. The van der Waals surface area contributed by atoms with Crippen molar-refractivity contribution in [2.45, 2.75) is 18.0 Å². The van der Waals surface area contributed by atoms with Gasteiger partial charge in [0.25, 0.3) is 0 Å². The third kappa shape index (κ3) is 3.88. The highest BCUT2D eigenvalue weighted by Crippen LogP contribution is 2.62. The lowest BCUT2D eigenvalue weighted by atomic mass is 9.64. The van der Waals surface area contributed by atoms with Crippen molar-refractivity contribution in [3.8, 4) is 23.0 Å². The number of hydrogen-bond acceptors (Lipinski definition) is 8. The van der Waals surface area contributed by atoms with Gasteiger partial charge in [-0.2, -0.15) is 0 Å². The van der Waals surface area contributed by atoms with Crippen molar-refractivity contribution < 1.29 is 33.3 Å². The lowest BCUT2D eigenvalue weighted by Gasteiger charge is -2.37. The van der Waals surface area contributed by atoms with Crippen LogP contribution in [0.4, 0.5) is 5.69 Å². The number of fused-ring (bicyclic) bond motifs is 5. The average molecular weight is 602 g/mol. The molecule has 0 saturated carbocycles. The number of ether oxygens (including phenoxy) is 4. The zero-order valence-corrected chi connectivity index (χ0v) is 25.3. The summed E-state index contributed by atoms with van der Waals surface area (Å²) in [6.07, 6.45) is 3.84. The number of hydrogen-bond donors (Lipinski definition) is 0. The Morgan fingerprint density at radius 1 is 0.733 bits per heavy atom. The third-order valence-corrected chi connectivity index (χ3v) is 9.40. The van der Waals surface area contributed by atoms with Crippen LogP contribution in [-0.2, 0) is 0 Å². The molecule has 2 heterocycles. The molecule has 226 valence electrons. The van der Waals surface area contributed by atoms with Gasteiger partial charge in [-0.15, -0.1) is 0 Å². The van der Waals surface area contributed by atoms with E-state index in [-0.39, 0.29) is 17.3 Å². The summed E-state index contributed by atoms with van der Waals surface area (Å²) in [5, 5.41) is 0. The molecule has 4 aromatic carbocycles. The van der Waals surface area contributed by atoms with Crippen LogP contribution in [0.5, 0.6) is 23.0 Å². The largest absolute Gasteiger partial charge is 0.497 e. The van der Waals surface area contributed by atoms with E-state index in [2.05, 4.69) is 0 Å². The van der Waals surface area contributed by atoms with Crippen LogP contribution in [0, 0.1) is 5.41 Å². The smallest absolute Gasteiger partial charge is 0.203 e. The maximum atomic E-state index is 14.9. The Balaban J connectivity index is 1.56. The van der Waals surface area contributed by atoms with Crippen LogP contribution in [0.1, 0.15) is 48.1 Å². The zero-order valence-electron chi connectivity index (χ0n) is 25.3. The summed E-state index contributed by atoms with van der Waals surface area (Å²) in [6, 6.07) is 23.3. The van der Waals surface area contributed by atoms with Gasteiger partial charge < -0.3 is 23.8 Å². The number of para-hydroxylation sites is 1. The Labute approximate surface area is 260 Å². The van der Waals surface area contributed by atoms with Crippen LogP contribution in [-0.4, -0.2) is 57.9 Å². The fourth-order valence-electron chi connectivity index (χ4n) is 7.50. The number of benzene rings is 4. The standard InChI is InChI=1S/C37H31NO7/c1-42-24-16-13-22(14-17-24)33(39)32-31(23-19-28(43-2)34(45-4)29(20-23)44-3)37(35(40)25-10-6-7-11-26(25)36(37)41)30-18-15-21-9-5-8-12-27(21)38(30)32/h5-20,30-32H,1-4H3. The fourth-order valence-corrected chi connectivity index (χ4v) is 7.50.